The molecule has 0 bridgehead atoms. The van der Waals surface area contributed by atoms with E-state index in [0.29, 0.717) is 23.3 Å². The number of hydrogen-bond acceptors (Lipinski definition) is 7. The number of hydrogen-bond donors (Lipinski definition) is 3. The van der Waals surface area contributed by atoms with Crippen LogP contribution in [-0.2, 0) is 20.0 Å². The lowest BCUT2D eigenvalue weighted by Gasteiger charge is -2.07. The number of nitrogens with two attached hydrogens (primary N) is 2. The molecule has 33 heavy (non-hydrogen) atoms. The summed E-state index contributed by atoms with van der Waals surface area (Å²) in [7, 11) is -8.45. The number of aromatic amines is 1. The highest BCUT2D eigenvalue weighted by atomic mass is 32.2. The van der Waals surface area contributed by atoms with Crippen LogP contribution in [0.4, 0.5) is 8.78 Å². The minimum Gasteiger partial charge on any atom is -0.287 e. The summed E-state index contributed by atoms with van der Waals surface area (Å²) >= 11 is 0. The van der Waals surface area contributed by atoms with E-state index in [4.69, 9.17) is 10.3 Å². The molecule has 0 aliphatic carbocycles. The predicted octanol–water partition coefficient (Wildman–Crippen LogP) is 1.43. The van der Waals surface area contributed by atoms with Gasteiger partial charge in [-0.15, -0.1) is 0 Å². The molecule has 170 valence electrons. The first kappa shape index (κ1) is 22.6. The van der Waals surface area contributed by atoms with Crippen LogP contribution in [0.15, 0.2) is 58.5 Å². The van der Waals surface area contributed by atoms with E-state index in [9.17, 15) is 30.4 Å². The number of sulfonamides is 2. The lowest BCUT2D eigenvalue weighted by Crippen LogP contribution is -2.18. The van der Waals surface area contributed by atoms with Gasteiger partial charge in [0.05, 0.1) is 15.8 Å². The molecule has 4 rings (SSSR count). The highest BCUT2D eigenvalue weighted by molar-refractivity contribution is 7.89. The van der Waals surface area contributed by atoms with Crippen LogP contribution in [0.1, 0.15) is 16.1 Å². The van der Waals surface area contributed by atoms with Gasteiger partial charge in [0.2, 0.25) is 25.8 Å². The lowest BCUT2D eigenvalue weighted by molar-refractivity contribution is 0.102. The van der Waals surface area contributed by atoms with E-state index < -0.39 is 47.9 Å². The molecule has 0 fully saturated rings. The number of pyridine rings is 1. The number of benzene rings is 2. The molecular formula is C19H13F2N5O5S2. The zero-order valence-corrected chi connectivity index (χ0v) is 17.9. The summed E-state index contributed by atoms with van der Waals surface area (Å²) in [5, 5.41) is 16.3. The second kappa shape index (κ2) is 7.77. The number of primary sulfonamides is 2. The molecule has 0 aliphatic heterocycles. The lowest BCUT2D eigenvalue weighted by atomic mass is 10.0. The number of aromatic nitrogens is 3. The Labute approximate surface area is 185 Å². The van der Waals surface area contributed by atoms with Crippen LogP contribution in [-0.4, -0.2) is 37.8 Å². The van der Waals surface area contributed by atoms with Gasteiger partial charge in [-0.3, -0.25) is 9.89 Å². The highest BCUT2D eigenvalue weighted by Gasteiger charge is 2.28. The van der Waals surface area contributed by atoms with Crippen molar-refractivity contribution in [3.8, 4) is 11.1 Å². The maximum absolute atomic E-state index is 14.7. The van der Waals surface area contributed by atoms with E-state index in [1.54, 1.807) is 0 Å². The molecule has 0 amide bonds. The molecule has 10 nitrogen and oxygen atoms in total. The summed E-state index contributed by atoms with van der Waals surface area (Å²) in [6, 6.07) is 8.15. The number of nitrogens with one attached hydrogen (secondary N) is 1. The Balaban J connectivity index is 1.83. The van der Waals surface area contributed by atoms with Crippen molar-refractivity contribution in [2.45, 2.75) is 9.79 Å². The fraction of sp³-hybridized carbons (Fsp3) is 0. The summed E-state index contributed by atoms with van der Waals surface area (Å²) in [6.07, 6.45) is 1.40. The van der Waals surface area contributed by atoms with Crippen molar-refractivity contribution in [1.29, 1.82) is 0 Å². The molecule has 0 radical (unpaired) electrons. The van der Waals surface area contributed by atoms with Crippen molar-refractivity contribution in [2.75, 3.05) is 0 Å². The fourth-order valence-corrected chi connectivity index (χ4v) is 4.28. The third-order valence-corrected chi connectivity index (χ3v) is 6.60. The number of nitrogens with zero attached hydrogens (tertiary/aromatic N) is 2. The summed E-state index contributed by atoms with van der Waals surface area (Å²) in [4.78, 5) is 15.9. The minimum atomic E-state index is -4.56. The van der Waals surface area contributed by atoms with Gasteiger partial charge in [0, 0.05) is 11.8 Å². The van der Waals surface area contributed by atoms with Gasteiger partial charge in [0.15, 0.2) is 11.5 Å². The molecular weight excluding hydrogens is 480 g/mol. The van der Waals surface area contributed by atoms with Gasteiger partial charge in [-0.2, -0.15) is 5.10 Å². The minimum absolute atomic E-state index is 0.0478. The van der Waals surface area contributed by atoms with Crippen molar-refractivity contribution in [3.05, 3.63) is 71.6 Å². The molecule has 0 unspecified atom stereocenters. The predicted molar refractivity (Wildman–Crippen MR) is 112 cm³/mol. The average Bonchev–Trinajstić information content (AvgIpc) is 3.15. The second-order valence-electron chi connectivity index (χ2n) is 6.87. The number of carbonyl (C=O) groups is 1. The Kier molecular flexibility index (Phi) is 5.32. The maximum Gasteiger partial charge on any atom is 0.240 e. The van der Waals surface area contributed by atoms with Gasteiger partial charge in [-0.05, 0) is 35.9 Å². The van der Waals surface area contributed by atoms with Crippen LogP contribution in [0.2, 0.25) is 0 Å². The molecule has 4 aromatic rings. The standard InChI is InChI=1S/C19H13F2N5O5S2/c20-13-5-6-14(33(23,30)31)16(21)15(13)18(27)17-12-7-10(8-24-19(12)26-25-17)9-1-3-11(4-2-9)32(22,28)29/h1-8H,(H2,22,28,29)(H2,23,30,31)(H,24,25,26). The third-order valence-electron chi connectivity index (χ3n) is 4.74. The third kappa shape index (κ3) is 4.11. The first-order valence-electron chi connectivity index (χ1n) is 8.91. The molecule has 0 aliphatic rings. The monoisotopic (exact) mass is 493 g/mol. The highest BCUT2D eigenvalue weighted by Crippen LogP contribution is 2.28. The van der Waals surface area contributed by atoms with E-state index in [-0.39, 0.29) is 21.6 Å². The van der Waals surface area contributed by atoms with Crippen LogP contribution < -0.4 is 10.3 Å². The second-order valence-corrected chi connectivity index (χ2v) is 9.96. The molecule has 0 atom stereocenters. The van der Waals surface area contributed by atoms with Crippen molar-refractivity contribution in [1.82, 2.24) is 15.2 Å². The van der Waals surface area contributed by atoms with E-state index in [1.807, 2.05) is 0 Å². The number of halogens is 2. The Morgan fingerprint density at radius 1 is 0.909 bits per heavy atom. The summed E-state index contributed by atoms with van der Waals surface area (Å²) in [5.74, 6) is -4.13. The Hall–Kier alpha value is -3.59. The average molecular weight is 493 g/mol. The normalized spacial score (nSPS) is 12.2. The number of fused-ring (bicyclic) bond motifs is 1. The zero-order chi connectivity index (χ0) is 24.1. The number of ketones is 1. The molecule has 0 saturated carbocycles. The summed E-state index contributed by atoms with van der Waals surface area (Å²) < 4.78 is 75.0. The molecule has 0 saturated heterocycles. The van der Waals surface area contributed by atoms with Gasteiger partial charge in [0.1, 0.15) is 16.4 Å². The molecule has 2 aromatic carbocycles. The molecule has 2 aromatic heterocycles. The van der Waals surface area contributed by atoms with Crippen LogP contribution in [0, 0.1) is 11.6 Å². The van der Waals surface area contributed by atoms with Crippen molar-refractivity contribution in [2.24, 2.45) is 10.3 Å². The van der Waals surface area contributed by atoms with E-state index in [0.717, 1.165) is 0 Å². The summed E-state index contributed by atoms with van der Waals surface area (Å²) in [6.45, 7) is 0. The van der Waals surface area contributed by atoms with E-state index in [2.05, 4.69) is 15.2 Å². The fourth-order valence-electron chi connectivity index (χ4n) is 3.15. The van der Waals surface area contributed by atoms with Gasteiger partial charge in [-0.25, -0.2) is 40.9 Å². The molecule has 14 heteroatoms. The first-order chi connectivity index (χ1) is 15.4. The van der Waals surface area contributed by atoms with Crippen molar-refractivity contribution < 1.29 is 30.4 Å². The number of carbonyl (C=O) groups excluding carboxylic acids is 1. The van der Waals surface area contributed by atoms with Crippen LogP contribution in [0.5, 0.6) is 0 Å². The quantitative estimate of drug-likeness (QED) is 0.352. The molecule has 2 heterocycles. The van der Waals surface area contributed by atoms with Crippen molar-refractivity contribution in [3.63, 3.8) is 0 Å². The summed E-state index contributed by atoms with van der Waals surface area (Å²) in [5.41, 5.74) is -0.491. The van der Waals surface area contributed by atoms with Crippen LogP contribution in [0.25, 0.3) is 22.2 Å². The van der Waals surface area contributed by atoms with Crippen molar-refractivity contribution >= 4 is 36.9 Å². The molecule has 5 N–H and O–H groups in total. The largest absolute Gasteiger partial charge is 0.287 e. The molecule has 0 spiro atoms. The number of H-pyrrole nitrogens is 1. The SMILES string of the molecule is NS(=O)(=O)c1ccc(-c2cnc3n[nH]c(C(=O)c4c(F)ccc(S(N)(=O)=O)c4F)c3c2)cc1. The first-order valence-corrected chi connectivity index (χ1v) is 12.0. The van der Waals surface area contributed by atoms with Gasteiger partial charge >= 0.3 is 0 Å². The van der Waals surface area contributed by atoms with Crippen LogP contribution in [0.3, 0.4) is 0 Å². The Morgan fingerprint density at radius 3 is 2.18 bits per heavy atom. The Bertz CT molecular complexity index is 1650. The topological polar surface area (TPSA) is 179 Å². The Morgan fingerprint density at radius 2 is 1.58 bits per heavy atom. The number of rotatable bonds is 5. The van der Waals surface area contributed by atoms with Gasteiger partial charge in [-0.1, -0.05) is 12.1 Å². The zero-order valence-electron chi connectivity index (χ0n) is 16.3. The van der Waals surface area contributed by atoms with Gasteiger partial charge in [0.25, 0.3) is 0 Å². The maximum atomic E-state index is 14.7. The van der Waals surface area contributed by atoms with Gasteiger partial charge < -0.3 is 0 Å². The van der Waals surface area contributed by atoms with Crippen LogP contribution >= 0.6 is 0 Å². The van der Waals surface area contributed by atoms with E-state index >= 15 is 0 Å². The van der Waals surface area contributed by atoms with E-state index in [1.165, 1.54) is 36.5 Å². The smallest absolute Gasteiger partial charge is 0.240 e.